The lowest BCUT2D eigenvalue weighted by atomic mass is 10.1. The van der Waals surface area contributed by atoms with Gasteiger partial charge in [-0.1, -0.05) is 18.2 Å². The van der Waals surface area contributed by atoms with Gasteiger partial charge in [0.15, 0.2) is 0 Å². The van der Waals surface area contributed by atoms with Crippen molar-refractivity contribution in [2.45, 2.75) is 6.92 Å². The van der Waals surface area contributed by atoms with E-state index >= 15 is 0 Å². The zero-order valence-corrected chi connectivity index (χ0v) is 7.24. The SMILES string of the molecule is C/C=C\c1c(O)cccc1OC. The number of hydrogen-bond donors (Lipinski definition) is 1. The molecule has 1 N–H and O–H groups in total. The molecule has 0 amide bonds. The van der Waals surface area contributed by atoms with Gasteiger partial charge in [0.2, 0.25) is 0 Å². The fourth-order valence-corrected chi connectivity index (χ4v) is 1.04. The molecule has 1 aromatic rings. The van der Waals surface area contributed by atoms with Crippen LogP contribution in [0.5, 0.6) is 11.5 Å². The molecule has 0 aromatic heterocycles. The van der Waals surface area contributed by atoms with Gasteiger partial charge >= 0.3 is 0 Å². The molecule has 0 heterocycles. The van der Waals surface area contributed by atoms with E-state index in [9.17, 15) is 5.11 Å². The van der Waals surface area contributed by atoms with Gasteiger partial charge in [-0.25, -0.2) is 0 Å². The van der Waals surface area contributed by atoms with Crippen LogP contribution in [0, 0.1) is 0 Å². The number of methoxy groups -OCH3 is 1. The van der Waals surface area contributed by atoms with Crippen LogP contribution in [-0.4, -0.2) is 12.2 Å². The molecule has 0 fully saturated rings. The Balaban J connectivity index is 3.19. The second kappa shape index (κ2) is 3.81. The maximum Gasteiger partial charge on any atom is 0.129 e. The maximum absolute atomic E-state index is 9.42. The molecule has 0 bridgehead atoms. The van der Waals surface area contributed by atoms with Crippen molar-refractivity contribution < 1.29 is 9.84 Å². The third kappa shape index (κ3) is 1.59. The molecule has 12 heavy (non-hydrogen) atoms. The van der Waals surface area contributed by atoms with Gasteiger partial charge in [0.1, 0.15) is 11.5 Å². The number of phenolic OH excluding ortho intramolecular Hbond substituents is 1. The molecule has 0 radical (unpaired) electrons. The van der Waals surface area contributed by atoms with Gasteiger partial charge < -0.3 is 9.84 Å². The van der Waals surface area contributed by atoms with Crippen molar-refractivity contribution in [3.63, 3.8) is 0 Å². The fourth-order valence-electron chi connectivity index (χ4n) is 1.04. The van der Waals surface area contributed by atoms with E-state index in [1.54, 1.807) is 19.2 Å². The fraction of sp³-hybridized carbons (Fsp3) is 0.200. The summed E-state index contributed by atoms with van der Waals surface area (Å²) >= 11 is 0. The highest BCUT2D eigenvalue weighted by molar-refractivity contribution is 5.63. The first kappa shape index (κ1) is 8.65. The molecule has 0 aliphatic rings. The molecule has 1 rings (SSSR count). The summed E-state index contributed by atoms with van der Waals surface area (Å²) in [6.45, 7) is 1.89. The van der Waals surface area contributed by atoms with Gasteiger partial charge in [0, 0.05) is 0 Å². The molecule has 0 unspecified atom stereocenters. The highest BCUT2D eigenvalue weighted by atomic mass is 16.5. The Morgan fingerprint density at radius 2 is 2.17 bits per heavy atom. The minimum absolute atomic E-state index is 0.243. The Morgan fingerprint density at radius 3 is 2.75 bits per heavy atom. The van der Waals surface area contributed by atoms with Crippen LogP contribution in [0.25, 0.3) is 6.08 Å². The summed E-state index contributed by atoms with van der Waals surface area (Å²) in [4.78, 5) is 0. The highest BCUT2D eigenvalue weighted by Crippen LogP contribution is 2.28. The monoisotopic (exact) mass is 164 g/mol. The normalized spacial score (nSPS) is 10.5. The summed E-state index contributed by atoms with van der Waals surface area (Å²) < 4.78 is 5.07. The molecular weight excluding hydrogens is 152 g/mol. The zero-order valence-electron chi connectivity index (χ0n) is 7.24. The summed E-state index contributed by atoms with van der Waals surface area (Å²) in [5.41, 5.74) is 0.725. The number of allylic oxidation sites excluding steroid dienone is 1. The van der Waals surface area contributed by atoms with E-state index < -0.39 is 0 Å². The first-order chi connectivity index (χ1) is 5.79. The van der Waals surface area contributed by atoms with E-state index in [1.165, 1.54) is 0 Å². The maximum atomic E-state index is 9.42. The Labute approximate surface area is 72.1 Å². The van der Waals surface area contributed by atoms with E-state index in [-0.39, 0.29) is 5.75 Å². The van der Waals surface area contributed by atoms with Crippen molar-refractivity contribution in [3.8, 4) is 11.5 Å². The van der Waals surface area contributed by atoms with Crippen molar-refractivity contribution in [1.82, 2.24) is 0 Å². The smallest absolute Gasteiger partial charge is 0.129 e. The largest absolute Gasteiger partial charge is 0.507 e. The van der Waals surface area contributed by atoms with Crippen LogP contribution in [0.1, 0.15) is 12.5 Å². The number of rotatable bonds is 2. The van der Waals surface area contributed by atoms with Crippen molar-refractivity contribution in [3.05, 3.63) is 29.8 Å². The van der Waals surface area contributed by atoms with E-state index in [0.717, 1.165) is 5.56 Å². The molecule has 2 heteroatoms. The first-order valence-corrected chi connectivity index (χ1v) is 3.78. The average molecular weight is 164 g/mol. The second-order valence-electron chi connectivity index (χ2n) is 2.39. The zero-order chi connectivity index (χ0) is 8.97. The number of aromatic hydroxyl groups is 1. The highest BCUT2D eigenvalue weighted by Gasteiger charge is 2.02. The second-order valence-corrected chi connectivity index (χ2v) is 2.39. The van der Waals surface area contributed by atoms with Crippen molar-refractivity contribution in [1.29, 1.82) is 0 Å². The number of ether oxygens (including phenoxy) is 1. The molecule has 64 valence electrons. The first-order valence-electron chi connectivity index (χ1n) is 3.78. The average Bonchev–Trinajstić information content (AvgIpc) is 2.09. The molecule has 0 aliphatic heterocycles. The van der Waals surface area contributed by atoms with E-state index in [0.29, 0.717) is 5.75 Å². The van der Waals surface area contributed by atoms with Gasteiger partial charge in [-0.3, -0.25) is 0 Å². The standard InChI is InChI=1S/C10H12O2/c1-3-5-8-9(11)6-4-7-10(8)12-2/h3-7,11H,1-2H3/b5-3-. The van der Waals surface area contributed by atoms with Crippen molar-refractivity contribution in [2.75, 3.05) is 7.11 Å². The molecule has 0 aliphatic carbocycles. The van der Waals surface area contributed by atoms with Crippen LogP contribution in [0.4, 0.5) is 0 Å². The summed E-state index contributed by atoms with van der Waals surface area (Å²) in [5, 5.41) is 9.42. The van der Waals surface area contributed by atoms with Crippen LogP contribution in [0.3, 0.4) is 0 Å². The molecule has 1 aromatic carbocycles. The summed E-state index contributed by atoms with van der Waals surface area (Å²) in [7, 11) is 1.59. The lowest BCUT2D eigenvalue weighted by Crippen LogP contribution is -1.86. The van der Waals surface area contributed by atoms with Crippen LogP contribution in [0.2, 0.25) is 0 Å². The van der Waals surface area contributed by atoms with Gasteiger partial charge in [-0.2, -0.15) is 0 Å². The topological polar surface area (TPSA) is 29.5 Å². The predicted molar refractivity (Wildman–Crippen MR) is 49.4 cm³/mol. The van der Waals surface area contributed by atoms with Crippen molar-refractivity contribution in [2.24, 2.45) is 0 Å². The summed E-state index contributed by atoms with van der Waals surface area (Å²) in [5.74, 6) is 0.931. The Kier molecular flexibility index (Phi) is 2.75. The predicted octanol–water partition coefficient (Wildman–Crippen LogP) is 2.43. The Morgan fingerprint density at radius 1 is 1.42 bits per heavy atom. The molecule has 0 saturated carbocycles. The van der Waals surface area contributed by atoms with Crippen LogP contribution in [0.15, 0.2) is 24.3 Å². The molecule has 0 spiro atoms. The number of phenols is 1. The van der Waals surface area contributed by atoms with E-state index in [1.807, 2.05) is 25.1 Å². The van der Waals surface area contributed by atoms with Crippen LogP contribution in [-0.2, 0) is 0 Å². The lowest BCUT2D eigenvalue weighted by molar-refractivity contribution is 0.406. The van der Waals surface area contributed by atoms with Crippen molar-refractivity contribution >= 4 is 6.08 Å². The third-order valence-corrected chi connectivity index (χ3v) is 1.60. The van der Waals surface area contributed by atoms with Crippen LogP contribution >= 0.6 is 0 Å². The summed E-state index contributed by atoms with van der Waals surface area (Å²) in [6, 6.07) is 5.20. The number of hydrogen-bond acceptors (Lipinski definition) is 2. The minimum atomic E-state index is 0.243. The lowest BCUT2D eigenvalue weighted by Gasteiger charge is -2.05. The molecule has 0 atom stereocenters. The summed E-state index contributed by atoms with van der Waals surface area (Å²) in [6.07, 6.45) is 3.67. The number of benzene rings is 1. The third-order valence-electron chi connectivity index (χ3n) is 1.60. The van der Waals surface area contributed by atoms with E-state index in [4.69, 9.17) is 4.74 Å². The molecular formula is C10H12O2. The molecule has 2 nitrogen and oxygen atoms in total. The van der Waals surface area contributed by atoms with Gasteiger partial charge in [0.25, 0.3) is 0 Å². The van der Waals surface area contributed by atoms with Gasteiger partial charge in [-0.15, -0.1) is 0 Å². The van der Waals surface area contributed by atoms with Gasteiger partial charge in [-0.05, 0) is 19.1 Å². The Hall–Kier alpha value is -1.44. The minimum Gasteiger partial charge on any atom is -0.507 e. The molecule has 0 saturated heterocycles. The van der Waals surface area contributed by atoms with Crippen LogP contribution < -0.4 is 4.74 Å². The van der Waals surface area contributed by atoms with Gasteiger partial charge in [0.05, 0.1) is 12.7 Å². The van der Waals surface area contributed by atoms with E-state index in [2.05, 4.69) is 0 Å². The quantitative estimate of drug-likeness (QED) is 0.727. The Bertz CT molecular complexity index is 290.